The topological polar surface area (TPSA) is 89.9 Å². The van der Waals surface area contributed by atoms with Crippen LogP contribution in [0.1, 0.15) is 28.8 Å². The molecule has 2 aromatic carbocycles. The molecule has 2 aromatic rings. The number of para-hydroxylation sites is 1. The summed E-state index contributed by atoms with van der Waals surface area (Å²) in [6, 6.07) is 9.47. The van der Waals surface area contributed by atoms with E-state index >= 15 is 0 Å². The Bertz CT molecular complexity index is 840. The molecule has 3 rings (SSSR count). The third-order valence-electron chi connectivity index (χ3n) is 4.43. The second-order valence-electron chi connectivity index (χ2n) is 6.18. The number of hydrogen-bond acceptors (Lipinski definition) is 4. The number of phenolic OH excluding ortho intramolecular Hbond substituents is 2. The van der Waals surface area contributed by atoms with Gasteiger partial charge in [0.05, 0.1) is 5.56 Å². The first kappa shape index (κ1) is 17.7. The van der Waals surface area contributed by atoms with Crippen molar-refractivity contribution in [3.63, 3.8) is 0 Å². The number of carbonyl (C=O) groups is 2. The van der Waals surface area contributed by atoms with E-state index < -0.39 is 23.5 Å². The van der Waals surface area contributed by atoms with Crippen LogP contribution in [0.3, 0.4) is 0 Å². The third-order valence-corrected chi connectivity index (χ3v) is 4.43. The molecule has 1 aliphatic heterocycles. The van der Waals surface area contributed by atoms with Crippen molar-refractivity contribution in [1.82, 2.24) is 10.2 Å². The number of hydrogen-bond donors (Lipinski definition) is 3. The van der Waals surface area contributed by atoms with Gasteiger partial charge in [-0.1, -0.05) is 18.2 Å². The van der Waals surface area contributed by atoms with Crippen molar-refractivity contribution in [1.29, 1.82) is 0 Å². The van der Waals surface area contributed by atoms with E-state index in [0.717, 1.165) is 6.07 Å². The summed E-state index contributed by atoms with van der Waals surface area (Å²) in [4.78, 5) is 26.6. The summed E-state index contributed by atoms with van der Waals surface area (Å²) >= 11 is 0. The van der Waals surface area contributed by atoms with Gasteiger partial charge in [-0.25, -0.2) is 4.39 Å². The first-order chi connectivity index (χ1) is 12.5. The van der Waals surface area contributed by atoms with E-state index in [1.807, 2.05) is 0 Å². The lowest BCUT2D eigenvalue weighted by atomic mass is 10.1. The maximum Gasteiger partial charge on any atom is 0.258 e. The molecule has 0 radical (unpaired) electrons. The molecule has 7 heteroatoms. The number of nitrogens with one attached hydrogen (secondary N) is 1. The second-order valence-corrected chi connectivity index (χ2v) is 6.18. The molecular formula is C19H19FN2O4. The van der Waals surface area contributed by atoms with Crippen LogP contribution in [-0.2, 0) is 11.3 Å². The average Bonchev–Trinajstić information content (AvgIpc) is 3.12. The van der Waals surface area contributed by atoms with Crippen LogP contribution < -0.4 is 5.32 Å². The van der Waals surface area contributed by atoms with Crippen molar-refractivity contribution in [2.24, 2.45) is 0 Å². The Morgan fingerprint density at radius 1 is 1.15 bits per heavy atom. The van der Waals surface area contributed by atoms with Gasteiger partial charge in [-0.3, -0.25) is 9.59 Å². The summed E-state index contributed by atoms with van der Waals surface area (Å²) < 4.78 is 13.4. The van der Waals surface area contributed by atoms with Crippen molar-refractivity contribution < 1.29 is 24.2 Å². The van der Waals surface area contributed by atoms with Crippen molar-refractivity contribution in [2.75, 3.05) is 6.54 Å². The monoisotopic (exact) mass is 358 g/mol. The van der Waals surface area contributed by atoms with Gasteiger partial charge in [-0.15, -0.1) is 0 Å². The fraction of sp³-hybridized carbons (Fsp3) is 0.263. The minimum atomic E-state index is -0.756. The zero-order chi connectivity index (χ0) is 18.7. The van der Waals surface area contributed by atoms with Gasteiger partial charge in [0, 0.05) is 13.1 Å². The number of carbonyl (C=O) groups excluding carboxylic acids is 2. The van der Waals surface area contributed by atoms with Gasteiger partial charge in [-0.05, 0) is 42.7 Å². The molecule has 6 nitrogen and oxygen atoms in total. The first-order valence-electron chi connectivity index (χ1n) is 8.31. The highest BCUT2D eigenvalue weighted by atomic mass is 19.1. The number of amides is 2. The number of aromatic hydroxyl groups is 2. The van der Waals surface area contributed by atoms with Gasteiger partial charge >= 0.3 is 0 Å². The van der Waals surface area contributed by atoms with Crippen molar-refractivity contribution in [2.45, 2.75) is 25.4 Å². The summed E-state index contributed by atoms with van der Waals surface area (Å²) in [5.74, 6) is -2.05. The van der Waals surface area contributed by atoms with Crippen LogP contribution in [0.4, 0.5) is 4.39 Å². The summed E-state index contributed by atoms with van der Waals surface area (Å²) in [6.45, 7) is 0.518. The van der Waals surface area contributed by atoms with Crippen LogP contribution in [0.15, 0.2) is 42.5 Å². The average molecular weight is 358 g/mol. The molecule has 0 saturated carbocycles. The Morgan fingerprint density at radius 3 is 2.65 bits per heavy atom. The van der Waals surface area contributed by atoms with E-state index in [1.54, 1.807) is 12.1 Å². The second kappa shape index (κ2) is 7.43. The maximum atomic E-state index is 13.4. The van der Waals surface area contributed by atoms with E-state index in [4.69, 9.17) is 0 Å². The molecule has 136 valence electrons. The SMILES string of the molecule is O=C(NCc1ccc(O)c(F)c1)C1CCCN1C(=O)c1ccccc1O. The van der Waals surface area contributed by atoms with Gasteiger partial charge < -0.3 is 20.4 Å². The molecule has 1 unspecified atom stereocenters. The summed E-state index contributed by atoms with van der Waals surface area (Å²) in [7, 11) is 0. The fourth-order valence-corrected chi connectivity index (χ4v) is 3.06. The van der Waals surface area contributed by atoms with Crippen LogP contribution in [-0.4, -0.2) is 39.5 Å². The number of halogens is 1. The minimum absolute atomic E-state index is 0.0884. The molecule has 1 saturated heterocycles. The number of benzene rings is 2. The van der Waals surface area contributed by atoms with E-state index in [9.17, 15) is 24.2 Å². The molecule has 0 aromatic heterocycles. The molecule has 0 aliphatic carbocycles. The molecule has 1 fully saturated rings. The predicted octanol–water partition coefficient (Wildman–Crippen LogP) is 2.16. The van der Waals surface area contributed by atoms with Gasteiger partial charge in [-0.2, -0.15) is 0 Å². The highest BCUT2D eigenvalue weighted by Crippen LogP contribution is 2.24. The number of nitrogens with zero attached hydrogens (tertiary/aromatic N) is 1. The van der Waals surface area contributed by atoms with E-state index in [0.29, 0.717) is 24.9 Å². The smallest absolute Gasteiger partial charge is 0.258 e. The highest BCUT2D eigenvalue weighted by Gasteiger charge is 2.35. The van der Waals surface area contributed by atoms with Gasteiger partial charge in [0.25, 0.3) is 5.91 Å². The zero-order valence-corrected chi connectivity index (χ0v) is 14.0. The molecular weight excluding hydrogens is 339 g/mol. The molecule has 3 N–H and O–H groups in total. The molecule has 1 atom stereocenters. The first-order valence-corrected chi connectivity index (χ1v) is 8.31. The fourth-order valence-electron chi connectivity index (χ4n) is 3.06. The summed E-state index contributed by atoms with van der Waals surface area (Å²) in [5, 5.41) is 21.8. The lowest BCUT2D eigenvalue weighted by Crippen LogP contribution is -2.45. The van der Waals surface area contributed by atoms with E-state index in [2.05, 4.69) is 5.32 Å². The molecule has 1 heterocycles. The Kier molecular flexibility index (Phi) is 5.06. The van der Waals surface area contributed by atoms with Gasteiger partial charge in [0.2, 0.25) is 5.91 Å². The minimum Gasteiger partial charge on any atom is -0.507 e. The standard InChI is InChI=1S/C19H19FN2O4/c20-14-10-12(7-8-17(14)24)11-21-18(25)15-5-3-9-22(15)19(26)13-4-1-2-6-16(13)23/h1-2,4,6-8,10,15,23-24H,3,5,9,11H2,(H,21,25). The number of rotatable bonds is 4. The van der Waals surface area contributed by atoms with Crippen molar-refractivity contribution in [3.8, 4) is 11.5 Å². The van der Waals surface area contributed by atoms with E-state index in [-0.39, 0.29) is 23.8 Å². The van der Waals surface area contributed by atoms with Crippen LogP contribution in [0.25, 0.3) is 0 Å². The zero-order valence-electron chi connectivity index (χ0n) is 14.0. The Labute approximate surface area is 149 Å². The third kappa shape index (κ3) is 3.61. The van der Waals surface area contributed by atoms with E-state index in [1.165, 1.54) is 29.2 Å². The van der Waals surface area contributed by atoms with Crippen molar-refractivity contribution >= 4 is 11.8 Å². The molecule has 1 aliphatic rings. The van der Waals surface area contributed by atoms with Crippen LogP contribution >= 0.6 is 0 Å². The Morgan fingerprint density at radius 2 is 1.92 bits per heavy atom. The molecule has 0 spiro atoms. The summed E-state index contributed by atoms with van der Waals surface area (Å²) in [6.07, 6.45) is 1.21. The number of phenols is 2. The van der Waals surface area contributed by atoms with Gasteiger partial charge in [0.15, 0.2) is 11.6 Å². The van der Waals surface area contributed by atoms with Crippen LogP contribution in [0.2, 0.25) is 0 Å². The Balaban J connectivity index is 1.67. The lowest BCUT2D eigenvalue weighted by molar-refractivity contribution is -0.125. The molecule has 2 amide bonds. The van der Waals surface area contributed by atoms with Crippen molar-refractivity contribution in [3.05, 3.63) is 59.4 Å². The molecule has 0 bridgehead atoms. The number of likely N-dealkylation sites (tertiary alicyclic amines) is 1. The quantitative estimate of drug-likeness (QED) is 0.781. The maximum absolute atomic E-state index is 13.4. The highest BCUT2D eigenvalue weighted by molar-refractivity contribution is 5.99. The van der Waals surface area contributed by atoms with Crippen LogP contribution in [0, 0.1) is 5.82 Å². The van der Waals surface area contributed by atoms with Gasteiger partial charge in [0.1, 0.15) is 11.8 Å². The predicted molar refractivity (Wildman–Crippen MR) is 92.1 cm³/mol. The molecule has 26 heavy (non-hydrogen) atoms. The normalized spacial score (nSPS) is 16.5. The largest absolute Gasteiger partial charge is 0.507 e. The Hall–Kier alpha value is -3.09. The summed E-state index contributed by atoms with van der Waals surface area (Å²) in [5.41, 5.74) is 0.665. The van der Waals surface area contributed by atoms with Crippen LogP contribution in [0.5, 0.6) is 11.5 Å². The lowest BCUT2D eigenvalue weighted by Gasteiger charge is -2.24.